The Kier molecular flexibility index (Phi) is 5.49. The van der Waals surface area contributed by atoms with E-state index in [9.17, 15) is 4.79 Å². The van der Waals surface area contributed by atoms with Gasteiger partial charge in [0.15, 0.2) is 5.69 Å². The number of fused-ring (bicyclic) bond motifs is 2. The van der Waals surface area contributed by atoms with Gasteiger partial charge in [-0.3, -0.25) is 4.79 Å². The Hall–Kier alpha value is -3.46. The average Bonchev–Trinajstić information content (AvgIpc) is 3.26. The first-order valence-corrected chi connectivity index (χ1v) is 11.3. The van der Waals surface area contributed by atoms with Crippen LogP contribution in [0.1, 0.15) is 34.6 Å². The molecule has 0 spiro atoms. The van der Waals surface area contributed by atoms with Crippen molar-refractivity contribution >= 4 is 27.4 Å². The van der Waals surface area contributed by atoms with Crippen molar-refractivity contribution in [1.82, 2.24) is 24.5 Å². The topological polar surface area (TPSA) is 81.9 Å². The van der Waals surface area contributed by atoms with Crippen LogP contribution in [-0.2, 0) is 6.42 Å². The van der Waals surface area contributed by atoms with Crippen molar-refractivity contribution in [3.63, 3.8) is 0 Å². The van der Waals surface area contributed by atoms with Crippen LogP contribution in [0, 0.1) is 0 Å². The molecule has 1 amide bonds. The minimum absolute atomic E-state index is 0.0673. The van der Waals surface area contributed by atoms with Gasteiger partial charge in [-0.25, -0.2) is 9.50 Å². The number of aromatic nitrogens is 4. The molecule has 0 saturated carbocycles. The zero-order valence-corrected chi connectivity index (χ0v) is 20.0. The normalized spacial score (nSPS) is 15.4. The minimum atomic E-state index is -0.0686. The van der Waals surface area contributed by atoms with Crippen LogP contribution in [-0.4, -0.2) is 51.2 Å². The molecule has 1 aromatic carbocycles. The van der Waals surface area contributed by atoms with Gasteiger partial charge in [-0.2, -0.15) is 10.1 Å². The molecule has 4 aromatic rings. The van der Waals surface area contributed by atoms with Gasteiger partial charge in [-0.15, -0.1) is 0 Å². The first-order chi connectivity index (χ1) is 16.0. The van der Waals surface area contributed by atoms with E-state index in [2.05, 4.69) is 50.1 Å². The molecule has 8 nitrogen and oxygen atoms in total. The van der Waals surface area contributed by atoms with Gasteiger partial charge in [0, 0.05) is 23.4 Å². The zero-order valence-electron chi connectivity index (χ0n) is 18.4. The van der Waals surface area contributed by atoms with Gasteiger partial charge in [0.25, 0.3) is 5.91 Å². The fourth-order valence-electron chi connectivity index (χ4n) is 4.29. The van der Waals surface area contributed by atoms with Crippen molar-refractivity contribution in [2.24, 2.45) is 0 Å². The number of hydrogen-bond acceptors (Lipinski definition) is 6. The molecule has 0 fully saturated rings. The van der Waals surface area contributed by atoms with Crippen LogP contribution in [0.3, 0.4) is 0 Å². The number of benzene rings is 1. The van der Waals surface area contributed by atoms with Crippen LogP contribution < -0.4 is 9.47 Å². The first kappa shape index (κ1) is 21.4. The molecule has 1 aliphatic rings. The molecular weight excluding hydrogens is 486 g/mol. The van der Waals surface area contributed by atoms with E-state index in [1.165, 1.54) is 12.7 Å². The summed E-state index contributed by atoms with van der Waals surface area (Å²) in [6, 6.07) is 12.1. The predicted octanol–water partition coefficient (Wildman–Crippen LogP) is 4.33. The summed E-state index contributed by atoms with van der Waals surface area (Å²) in [5.74, 6) is 0.392. The lowest BCUT2D eigenvalue weighted by Crippen LogP contribution is -2.39. The van der Waals surface area contributed by atoms with E-state index in [-0.39, 0.29) is 18.0 Å². The highest BCUT2D eigenvalue weighted by atomic mass is 79.9. The number of halogens is 1. The van der Waals surface area contributed by atoms with E-state index in [0.717, 1.165) is 33.1 Å². The largest absolute Gasteiger partial charge is 0.480 e. The summed E-state index contributed by atoms with van der Waals surface area (Å²) >= 11 is 3.44. The Bertz CT molecular complexity index is 1370. The summed E-state index contributed by atoms with van der Waals surface area (Å²) < 4.78 is 13.2. The highest BCUT2D eigenvalue weighted by molar-refractivity contribution is 9.10. The Labute approximate surface area is 199 Å². The van der Waals surface area contributed by atoms with Crippen molar-refractivity contribution in [3.05, 3.63) is 70.1 Å². The third kappa shape index (κ3) is 3.82. The molecule has 33 heavy (non-hydrogen) atoms. The maximum atomic E-state index is 13.3. The summed E-state index contributed by atoms with van der Waals surface area (Å²) in [5.41, 5.74) is 5.40. The van der Waals surface area contributed by atoms with E-state index >= 15 is 0 Å². The molecule has 0 N–H and O–H groups in total. The maximum absolute atomic E-state index is 13.3. The van der Waals surface area contributed by atoms with Gasteiger partial charge in [0.1, 0.15) is 0 Å². The average molecular weight is 508 g/mol. The van der Waals surface area contributed by atoms with Crippen molar-refractivity contribution in [3.8, 4) is 23.0 Å². The molecule has 3 aromatic heterocycles. The number of methoxy groups -OCH3 is 2. The molecule has 168 valence electrons. The van der Waals surface area contributed by atoms with Gasteiger partial charge < -0.3 is 14.4 Å². The van der Waals surface area contributed by atoms with E-state index in [1.54, 1.807) is 17.8 Å². The fraction of sp³-hybridized carbons (Fsp3) is 0.250. The number of nitrogens with zero attached hydrogens (tertiary/aromatic N) is 5. The van der Waals surface area contributed by atoms with Gasteiger partial charge in [0.2, 0.25) is 5.88 Å². The van der Waals surface area contributed by atoms with E-state index in [1.807, 2.05) is 35.4 Å². The molecule has 0 aliphatic carbocycles. The number of amides is 1. The molecule has 0 saturated heterocycles. The maximum Gasteiger partial charge on any atom is 0.319 e. The van der Waals surface area contributed by atoms with E-state index in [0.29, 0.717) is 18.1 Å². The summed E-state index contributed by atoms with van der Waals surface area (Å²) in [6.07, 6.45) is 4.30. The quantitative estimate of drug-likeness (QED) is 0.408. The zero-order chi connectivity index (χ0) is 23.1. The van der Waals surface area contributed by atoms with Crippen molar-refractivity contribution in [1.29, 1.82) is 0 Å². The predicted molar refractivity (Wildman–Crippen MR) is 127 cm³/mol. The van der Waals surface area contributed by atoms with Crippen LogP contribution in [0.5, 0.6) is 11.9 Å². The Morgan fingerprint density at radius 3 is 2.79 bits per heavy atom. The number of ether oxygens (including phenoxy) is 2. The number of hydrogen-bond donors (Lipinski definition) is 0. The minimum Gasteiger partial charge on any atom is -0.480 e. The number of pyridine rings is 1. The molecule has 1 aliphatic heterocycles. The lowest BCUT2D eigenvalue weighted by atomic mass is 9.90. The van der Waals surface area contributed by atoms with Crippen LogP contribution in [0.25, 0.3) is 16.6 Å². The summed E-state index contributed by atoms with van der Waals surface area (Å²) in [6.45, 7) is 2.67. The lowest BCUT2D eigenvalue weighted by molar-refractivity contribution is 0.0671. The van der Waals surface area contributed by atoms with Crippen molar-refractivity contribution < 1.29 is 14.3 Å². The second-order valence-corrected chi connectivity index (χ2v) is 8.78. The van der Waals surface area contributed by atoms with Crippen LogP contribution in [0.4, 0.5) is 0 Å². The highest BCUT2D eigenvalue weighted by Gasteiger charge is 2.30. The first-order valence-electron chi connectivity index (χ1n) is 10.5. The van der Waals surface area contributed by atoms with Gasteiger partial charge >= 0.3 is 6.01 Å². The van der Waals surface area contributed by atoms with Gasteiger partial charge in [-0.05, 0) is 64.2 Å². The molecule has 5 rings (SSSR count). The molecule has 1 atom stereocenters. The molecule has 0 radical (unpaired) electrons. The molecule has 4 heterocycles. The van der Waals surface area contributed by atoms with Crippen LogP contribution in [0.15, 0.2) is 53.3 Å². The Morgan fingerprint density at radius 2 is 2.00 bits per heavy atom. The fourth-order valence-corrected chi connectivity index (χ4v) is 4.62. The molecule has 1 unspecified atom stereocenters. The lowest BCUT2D eigenvalue weighted by Gasteiger charge is -2.35. The third-order valence-electron chi connectivity index (χ3n) is 6.00. The third-order valence-corrected chi connectivity index (χ3v) is 6.47. The van der Waals surface area contributed by atoms with Gasteiger partial charge in [-0.1, -0.05) is 18.2 Å². The highest BCUT2D eigenvalue weighted by Crippen LogP contribution is 2.35. The molecule has 0 bridgehead atoms. The van der Waals surface area contributed by atoms with Gasteiger partial charge in [0.05, 0.1) is 31.3 Å². The second-order valence-electron chi connectivity index (χ2n) is 7.86. The Balaban J connectivity index is 1.43. The number of carbonyl (C=O) groups excluding carboxylic acids is 1. The SMILES string of the molecule is COc1ncc(-c2ccc3c(c2)CCN(C(=O)c2cc4ccc(Br)cn4n2)C3C)c(OC)n1. The monoisotopic (exact) mass is 507 g/mol. The molecular formula is C24H22BrN5O3. The van der Waals surface area contributed by atoms with E-state index < -0.39 is 0 Å². The number of rotatable bonds is 4. The summed E-state index contributed by atoms with van der Waals surface area (Å²) in [5, 5.41) is 4.48. The summed E-state index contributed by atoms with van der Waals surface area (Å²) in [7, 11) is 3.10. The van der Waals surface area contributed by atoms with Crippen LogP contribution in [0.2, 0.25) is 0 Å². The Morgan fingerprint density at radius 1 is 1.15 bits per heavy atom. The smallest absolute Gasteiger partial charge is 0.319 e. The number of carbonyl (C=O) groups is 1. The van der Waals surface area contributed by atoms with Crippen molar-refractivity contribution in [2.75, 3.05) is 20.8 Å². The second kappa shape index (κ2) is 8.47. The standard InChI is InChI=1S/C24H22BrN5O3/c1-14-19-7-4-15(20-12-26-24(33-3)27-22(20)32-2)10-16(19)8-9-29(14)23(31)21-11-18-6-5-17(25)13-30(18)28-21/h4-7,10-14H,8-9H2,1-3H3. The summed E-state index contributed by atoms with van der Waals surface area (Å²) in [4.78, 5) is 23.7. The molecule has 9 heteroatoms. The van der Waals surface area contributed by atoms with Crippen LogP contribution >= 0.6 is 15.9 Å². The van der Waals surface area contributed by atoms with E-state index in [4.69, 9.17) is 9.47 Å². The van der Waals surface area contributed by atoms with Crippen molar-refractivity contribution in [2.45, 2.75) is 19.4 Å².